The largest absolute Gasteiger partial charge is 0.361 e. The zero-order valence-electron chi connectivity index (χ0n) is 18.0. The number of benzene rings is 2. The first-order chi connectivity index (χ1) is 15.7. The van der Waals surface area contributed by atoms with E-state index in [9.17, 15) is 4.39 Å². The maximum absolute atomic E-state index is 13.2. The minimum atomic E-state index is -0.163. The van der Waals surface area contributed by atoms with Crippen LogP contribution in [-0.4, -0.2) is 61.8 Å². The number of aromatic nitrogens is 4. The fourth-order valence-corrected chi connectivity index (χ4v) is 5.52. The quantitative estimate of drug-likeness (QED) is 0.508. The second-order valence-electron chi connectivity index (χ2n) is 9.14. The second kappa shape index (κ2) is 8.15. The van der Waals surface area contributed by atoms with Gasteiger partial charge in [0.15, 0.2) is 0 Å². The Bertz CT molecular complexity index is 1200. The van der Waals surface area contributed by atoms with Gasteiger partial charge < -0.3 is 4.98 Å². The van der Waals surface area contributed by atoms with Crippen molar-refractivity contribution in [1.29, 1.82) is 0 Å². The van der Waals surface area contributed by atoms with Crippen LogP contribution in [0.5, 0.6) is 0 Å². The molecule has 4 aromatic rings. The first kappa shape index (κ1) is 19.6. The molecular weight excluding hydrogens is 403 g/mol. The Morgan fingerprint density at radius 2 is 1.88 bits per heavy atom. The molecule has 0 amide bonds. The number of halogens is 1. The number of nitrogens with one attached hydrogen (secondary N) is 1. The average Bonchev–Trinajstić information content (AvgIpc) is 3.59. The van der Waals surface area contributed by atoms with Crippen molar-refractivity contribution in [2.45, 2.75) is 25.4 Å². The van der Waals surface area contributed by atoms with Crippen molar-refractivity contribution in [3.8, 4) is 5.69 Å². The topological polar surface area (TPSA) is 53.0 Å². The molecule has 6 rings (SSSR count). The van der Waals surface area contributed by atoms with Gasteiger partial charge in [-0.1, -0.05) is 12.1 Å². The molecule has 2 aromatic heterocycles. The Morgan fingerprint density at radius 3 is 2.72 bits per heavy atom. The number of H-pyrrole nitrogens is 1. The van der Waals surface area contributed by atoms with Crippen LogP contribution in [-0.2, 0) is 13.0 Å². The number of likely N-dealkylation sites (tertiary alicyclic amines) is 2. The van der Waals surface area contributed by atoms with Gasteiger partial charge in [-0.15, -0.1) is 10.2 Å². The molecule has 0 saturated carbocycles. The molecule has 2 saturated heterocycles. The summed E-state index contributed by atoms with van der Waals surface area (Å²) in [7, 11) is 0. The molecule has 2 aromatic carbocycles. The minimum absolute atomic E-state index is 0.163. The molecule has 2 aliphatic heterocycles. The van der Waals surface area contributed by atoms with Gasteiger partial charge in [-0.25, -0.2) is 4.39 Å². The second-order valence-corrected chi connectivity index (χ2v) is 9.14. The lowest BCUT2D eigenvalue weighted by atomic mass is 10.0. The van der Waals surface area contributed by atoms with Crippen molar-refractivity contribution in [2.24, 2.45) is 5.92 Å². The Balaban J connectivity index is 1.12. The number of hydrogen-bond acceptors (Lipinski definition) is 4. The summed E-state index contributed by atoms with van der Waals surface area (Å²) < 4.78 is 15.1. The first-order valence-corrected chi connectivity index (χ1v) is 11.4. The van der Waals surface area contributed by atoms with E-state index < -0.39 is 0 Å². The molecule has 7 heteroatoms. The molecule has 1 N–H and O–H groups in total. The molecule has 0 bridgehead atoms. The van der Waals surface area contributed by atoms with E-state index in [2.05, 4.69) is 49.4 Å². The summed E-state index contributed by atoms with van der Waals surface area (Å²) in [5.41, 5.74) is 4.81. The fourth-order valence-electron chi connectivity index (χ4n) is 5.52. The summed E-state index contributed by atoms with van der Waals surface area (Å²) >= 11 is 0. The third-order valence-electron chi connectivity index (χ3n) is 7.19. The van der Waals surface area contributed by atoms with E-state index in [4.69, 9.17) is 0 Å². The molecule has 0 spiro atoms. The maximum Gasteiger partial charge on any atom is 0.123 e. The van der Waals surface area contributed by atoms with Crippen LogP contribution < -0.4 is 0 Å². The van der Waals surface area contributed by atoms with Crippen molar-refractivity contribution < 1.29 is 4.39 Å². The number of nitrogens with zero attached hydrogens (tertiary/aromatic N) is 5. The van der Waals surface area contributed by atoms with Crippen molar-refractivity contribution in [3.63, 3.8) is 0 Å². The lowest BCUT2D eigenvalue weighted by Crippen LogP contribution is -2.36. The molecule has 32 heavy (non-hydrogen) atoms. The molecule has 2 atom stereocenters. The summed E-state index contributed by atoms with van der Waals surface area (Å²) in [5, 5.41) is 9.12. The van der Waals surface area contributed by atoms with Gasteiger partial charge in [-0.2, -0.15) is 0 Å². The molecule has 2 aliphatic rings. The van der Waals surface area contributed by atoms with Crippen LogP contribution in [0.1, 0.15) is 17.5 Å². The molecule has 164 valence electrons. The van der Waals surface area contributed by atoms with Crippen LogP contribution in [0.4, 0.5) is 4.39 Å². The SMILES string of the molecule is Fc1ccc(CN2C[C@H]3CCN(CCc4c[nH]c5ccc(-n6cnnc6)cc45)[C@H]3C2)cc1. The van der Waals surface area contributed by atoms with E-state index in [1.807, 2.05) is 16.7 Å². The lowest BCUT2D eigenvalue weighted by molar-refractivity contribution is 0.224. The fraction of sp³-hybridized carbons (Fsp3) is 0.360. The molecular formula is C25H27FN6. The van der Waals surface area contributed by atoms with E-state index in [1.165, 1.54) is 35.0 Å². The van der Waals surface area contributed by atoms with E-state index in [-0.39, 0.29) is 5.82 Å². The maximum atomic E-state index is 13.2. The normalized spacial score (nSPS) is 21.5. The standard InChI is InChI=1S/C25H27FN6/c26-21-3-1-18(2-4-21)13-30-14-20-8-10-31(25(20)15-30)9-7-19-12-27-24-6-5-22(11-23(19)24)32-16-28-29-17-32/h1-6,11-12,16-17,20,25,27H,7-10,13-15H2/t20-,25+/m1/s1. The third-order valence-corrected chi connectivity index (χ3v) is 7.19. The van der Waals surface area contributed by atoms with Gasteiger partial charge in [0, 0.05) is 55.0 Å². The third kappa shape index (κ3) is 3.72. The molecule has 0 radical (unpaired) electrons. The lowest BCUT2D eigenvalue weighted by Gasteiger charge is -2.24. The highest BCUT2D eigenvalue weighted by Gasteiger charge is 2.40. The predicted octanol–water partition coefficient (Wildman–Crippen LogP) is 3.64. The van der Waals surface area contributed by atoms with Gasteiger partial charge in [-0.05, 0) is 66.8 Å². The van der Waals surface area contributed by atoms with Crippen molar-refractivity contribution in [3.05, 3.63) is 78.3 Å². The minimum Gasteiger partial charge on any atom is -0.361 e. The zero-order valence-corrected chi connectivity index (χ0v) is 18.0. The number of fused-ring (bicyclic) bond motifs is 2. The van der Waals surface area contributed by atoms with Crippen molar-refractivity contribution >= 4 is 10.9 Å². The Labute approximate surface area is 186 Å². The van der Waals surface area contributed by atoms with Gasteiger partial charge in [0.2, 0.25) is 0 Å². The first-order valence-electron chi connectivity index (χ1n) is 11.4. The van der Waals surface area contributed by atoms with Gasteiger partial charge in [-0.3, -0.25) is 14.4 Å². The van der Waals surface area contributed by atoms with Crippen molar-refractivity contribution in [1.82, 2.24) is 29.5 Å². The Kier molecular flexibility index (Phi) is 5.00. The summed E-state index contributed by atoms with van der Waals surface area (Å²) in [4.78, 5) is 8.64. The van der Waals surface area contributed by atoms with Crippen LogP contribution in [0.25, 0.3) is 16.6 Å². The summed E-state index contributed by atoms with van der Waals surface area (Å²) in [6.07, 6.45) is 7.93. The van der Waals surface area contributed by atoms with Crippen LogP contribution in [0.3, 0.4) is 0 Å². The van der Waals surface area contributed by atoms with E-state index in [0.717, 1.165) is 44.2 Å². The number of hydrogen-bond donors (Lipinski definition) is 1. The molecule has 0 unspecified atom stereocenters. The number of rotatable bonds is 6. The molecule has 4 heterocycles. The van der Waals surface area contributed by atoms with Gasteiger partial charge in [0.05, 0.1) is 0 Å². The van der Waals surface area contributed by atoms with E-state index in [1.54, 1.807) is 24.8 Å². The van der Waals surface area contributed by atoms with E-state index >= 15 is 0 Å². The monoisotopic (exact) mass is 430 g/mol. The van der Waals surface area contributed by atoms with Gasteiger partial charge in [0.1, 0.15) is 18.5 Å². The van der Waals surface area contributed by atoms with Gasteiger partial charge >= 0.3 is 0 Å². The van der Waals surface area contributed by atoms with Crippen LogP contribution in [0.15, 0.2) is 61.3 Å². The molecule has 0 aliphatic carbocycles. The highest BCUT2D eigenvalue weighted by Crippen LogP contribution is 2.33. The summed E-state index contributed by atoms with van der Waals surface area (Å²) in [5.74, 6) is 0.586. The van der Waals surface area contributed by atoms with Crippen LogP contribution >= 0.6 is 0 Å². The highest BCUT2D eigenvalue weighted by molar-refractivity contribution is 5.85. The predicted molar refractivity (Wildman–Crippen MR) is 122 cm³/mol. The zero-order chi connectivity index (χ0) is 21.5. The summed E-state index contributed by atoms with van der Waals surface area (Å²) in [6, 6.07) is 14.0. The Hall–Kier alpha value is -3.03. The molecule has 2 fully saturated rings. The highest BCUT2D eigenvalue weighted by atomic mass is 19.1. The van der Waals surface area contributed by atoms with Crippen LogP contribution in [0.2, 0.25) is 0 Å². The molecule has 6 nitrogen and oxygen atoms in total. The summed E-state index contributed by atoms with van der Waals surface area (Å²) in [6.45, 7) is 5.43. The average molecular weight is 431 g/mol. The number of aromatic amines is 1. The van der Waals surface area contributed by atoms with Crippen molar-refractivity contribution in [2.75, 3.05) is 26.2 Å². The Morgan fingerprint density at radius 1 is 1.03 bits per heavy atom. The van der Waals surface area contributed by atoms with Crippen LogP contribution in [0, 0.1) is 11.7 Å². The van der Waals surface area contributed by atoms with E-state index in [0.29, 0.717) is 6.04 Å². The van der Waals surface area contributed by atoms with Gasteiger partial charge in [0.25, 0.3) is 0 Å². The smallest absolute Gasteiger partial charge is 0.123 e.